The molecule has 2 fully saturated rings. The van der Waals surface area contributed by atoms with Gasteiger partial charge < -0.3 is 14.8 Å². The second kappa shape index (κ2) is 5.69. The molecule has 0 unspecified atom stereocenters. The normalized spacial score (nSPS) is 21.6. The van der Waals surface area contributed by atoms with Gasteiger partial charge >= 0.3 is 0 Å². The molecule has 1 saturated carbocycles. The fourth-order valence-electron chi connectivity index (χ4n) is 2.96. The monoisotopic (exact) mass is 297 g/mol. The van der Waals surface area contributed by atoms with Crippen LogP contribution in [-0.4, -0.2) is 30.9 Å². The van der Waals surface area contributed by atoms with Gasteiger partial charge in [-0.1, -0.05) is 6.07 Å². The molecule has 21 heavy (non-hydrogen) atoms. The molecule has 1 spiro atoms. The Kier molecular flexibility index (Phi) is 3.91. The minimum absolute atomic E-state index is 0.116. The molecule has 1 aliphatic carbocycles. The largest absolute Gasteiger partial charge is 0.349 e. The summed E-state index contributed by atoms with van der Waals surface area (Å²) >= 11 is 0. The Hall–Kier alpha value is -1.53. The summed E-state index contributed by atoms with van der Waals surface area (Å²) in [6.07, 6.45) is 2.69. The summed E-state index contributed by atoms with van der Waals surface area (Å²) in [6, 6.07) is 3.28. The van der Waals surface area contributed by atoms with Crippen molar-refractivity contribution in [3.8, 4) is 0 Å². The SMILES string of the molecule is O=C(NC1CCC2(CC1)OCCO2)c1c(F)cccc1F. The summed E-state index contributed by atoms with van der Waals surface area (Å²) in [7, 11) is 0. The first-order valence-electron chi connectivity index (χ1n) is 7.12. The predicted molar refractivity (Wildman–Crippen MR) is 70.7 cm³/mol. The Bertz CT molecular complexity index is 513. The first-order chi connectivity index (χ1) is 10.1. The zero-order chi connectivity index (χ0) is 14.9. The summed E-state index contributed by atoms with van der Waals surface area (Å²) in [5.41, 5.74) is -0.522. The average Bonchev–Trinajstić information content (AvgIpc) is 2.90. The standard InChI is InChI=1S/C15H17F2NO3/c16-11-2-1-3-12(17)13(11)14(19)18-10-4-6-15(7-5-10)20-8-9-21-15/h1-3,10H,4-9H2,(H,18,19). The third-order valence-electron chi connectivity index (χ3n) is 4.09. The second-order valence-corrected chi connectivity index (χ2v) is 5.45. The van der Waals surface area contributed by atoms with Crippen LogP contribution in [0.2, 0.25) is 0 Å². The Morgan fingerprint density at radius 1 is 1.14 bits per heavy atom. The molecule has 2 aliphatic rings. The smallest absolute Gasteiger partial charge is 0.257 e. The van der Waals surface area contributed by atoms with Gasteiger partial charge in [0.1, 0.15) is 17.2 Å². The molecule has 1 aliphatic heterocycles. The first kappa shape index (κ1) is 14.4. The summed E-state index contributed by atoms with van der Waals surface area (Å²) in [6.45, 7) is 1.19. The van der Waals surface area contributed by atoms with Gasteiger partial charge in [-0.2, -0.15) is 0 Å². The molecular weight excluding hydrogens is 280 g/mol. The molecule has 4 nitrogen and oxygen atoms in total. The Balaban J connectivity index is 1.61. The highest BCUT2D eigenvalue weighted by molar-refractivity contribution is 5.94. The molecule has 1 amide bonds. The van der Waals surface area contributed by atoms with Crippen molar-refractivity contribution < 1.29 is 23.0 Å². The van der Waals surface area contributed by atoms with Crippen LogP contribution in [0.25, 0.3) is 0 Å². The zero-order valence-electron chi connectivity index (χ0n) is 11.5. The van der Waals surface area contributed by atoms with E-state index in [1.807, 2.05) is 0 Å². The number of nitrogens with one attached hydrogen (secondary N) is 1. The number of hydrogen-bond acceptors (Lipinski definition) is 3. The first-order valence-corrected chi connectivity index (χ1v) is 7.12. The lowest BCUT2D eigenvalue weighted by atomic mass is 9.90. The van der Waals surface area contributed by atoms with Crippen molar-refractivity contribution in [1.29, 1.82) is 0 Å². The number of amides is 1. The van der Waals surface area contributed by atoms with Crippen LogP contribution in [0.5, 0.6) is 0 Å². The number of carbonyl (C=O) groups is 1. The molecule has 0 atom stereocenters. The Labute approximate surface area is 121 Å². The lowest BCUT2D eigenvalue weighted by molar-refractivity contribution is -0.179. The van der Waals surface area contributed by atoms with Gasteiger partial charge in [0.15, 0.2) is 5.79 Å². The van der Waals surface area contributed by atoms with Crippen molar-refractivity contribution in [1.82, 2.24) is 5.32 Å². The van der Waals surface area contributed by atoms with Crippen molar-refractivity contribution in [3.05, 3.63) is 35.4 Å². The van der Waals surface area contributed by atoms with Gasteiger partial charge in [-0.05, 0) is 25.0 Å². The van der Waals surface area contributed by atoms with Gasteiger partial charge in [0.25, 0.3) is 5.91 Å². The number of hydrogen-bond donors (Lipinski definition) is 1. The second-order valence-electron chi connectivity index (χ2n) is 5.45. The third-order valence-corrected chi connectivity index (χ3v) is 4.09. The number of carbonyl (C=O) groups excluding carboxylic acids is 1. The molecule has 1 saturated heterocycles. The Morgan fingerprint density at radius 3 is 2.29 bits per heavy atom. The maximum atomic E-state index is 13.6. The molecule has 1 aromatic rings. The fraction of sp³-hybridized carbons (Fsp3) is 0.533. The van der Waals surface area contributed by atoms with Crippen LogP contribution >= 0.6 is 0 Å². The molecule has 114 valence electrons. The van der Waals surface area contributed by atoms with Crippen LogP contribution in [0, 0.1) is 11.6 Å². The maximum absolute atomic E-state index is 13.6. The molecule has 0 radical (unpaired) electrons. The van der Waals surface area contributed by atoms with Crippen LogP contribution in [0.1, 0.15) is 36.0 Å². The number of rotatable bonds is 2. The van der Waals surface area contributed by atoms with E-state index < -0.39 is 28.9 Å². The van der Waals surface area contributed by atoms with E-state index in [9.17, 15) is 13.6 Å². The van der Waals surface area contributed by atoms with E-state index in [4.69, 9.17) is 9.47 Å². The highest BCUT2D eigenvalue weighted by Gasteiger charge is 2.40. The van der Waals surface area contributed by atoms with E-state index in [0.717, 1.165) is 12.1 Å². The van der Waals surface area contributed by atoms with E-state index in [-0.39, 0.29) is 6.04 Å². The van der Waals surface area contributed by atoms with Gasteiger partial charge in [0.2, 0.25) is 0 Å². The summed E-state index contributed by atoms with van der Waals surface area (Å²) in [5.74, 6) is -2.91. The van der Waals surface area contributed by atoms with Crippen molar-refractivity contribution in [3.63, 3.8) is 0 Å². The molecule has 0 bridgehead atoms. The van der Waals surface area contributed by atoms with Crippen molar-refractivity contribution >= 4 is 5.91 Å². The van der Waals surface area contributed by atoms with Crippen molar-refractivity contribution in [2.24, 2.45) is 0 Å². The van der Waals surface area contributed by atoms with Crippen LogP contribution in [-0.2, 0) is 9.47 Å². The van der Waals surface area contributed by atoms with E-state index in [1.165, 1.54) is 6.07 Å². The Morgan fingerprint density at radius 2 is 1.71 bits per heavy atom. The van der Waals surface area contributed by atoms with Crippen molar-refractivity contribution in [2.75, 3.05) is 13.2 Å². The summed E-state index contributed by atoms with van der Waals surface area (Å²) < 4.78 is 38.3. The molecule has 0 aromatic heterocycles. The molecule has 6 heteroatoms. The molecule has 3 rings (SSSR count). The van der Waals surface area contributed by atoms with E-state index in [0.29, 0.717) is 38.9 Å². The molecule has 1 heterocycles. The van der Waals surface area contributed by atoms with Crippen molar-refractivity contribution in [2.45, 2.75) is 37.5 Å². The quantitative estimate of drug-likeness (QED) is 0.911. The van der Waals surface area contributed by atoms with Gasteiger partial charge in [-0.25, -0.2) is 8.78 Å². The topological polar surface area (TPSA) is 47.6 Å². The minimum atomic E-state index is -0.845. The number of benzene rings is 1. The van der Waals surface area contributed by atoms with E-state index in [2.05, 4.69) is 5.32 Å². The third kappa shape index (κ3) is 2.91. The highest BCUT2D eigenvalue weighted by Crippen LogP contribution is 2.35. The summed E-state index contributed by atoms with van der Waals surface area (Å²) in [4.78, 5) is 12.0. The van der Waals surface area contributed by atoms with Crippen LogP contribution < -0.4 is 5.32 Å². The van der Waals surface area contributed by atoms with E-state index >= 15 is 0 Å². The fourth-order valence-corrected chi connectivity index (χ4v) is 2.96. The average molecular weight is 297 g/mol. The van der Waals surface area contributed by atoms with Crippen LogP contribution in [0.15, 0.2) is 18.2 Å². The summed E-state index contributed by atoms with van der Waals surface area (Å²) in [5, 5.41) is 2.69. The van der Waals surface area contributed by atoms with Crippen LogP contribution in [0.3, 0.4) is 0 Å². The lowest BCUT2D eigenvalue weighted by Gasteiger charge is -2.35. The van der Waals surface area contributed by atoms with Crippen LogP contribution in [0.4, 0.5) is 8.78 Å². The van der Waals surface area contributed by atoms with Gasteiger partial charge in [-0.3, -0.25) is 4.79 Å². The number of halogens is 2. The minimum Gasteiger partial charge on any atom is -0.349 e. The molecule has 1 aromatic carbocycles. The van der Waals surface area contributed by atoms with Gasteiger partial charge in [0.05, 0.1) is 13.2 Å². The lowest BCUT2D eigenvalue weighted by Crippen LogP contribution is -2.44. The van der Waals surface area contributed by atoms with E-state index in [1.54, 1.807) is 0 Å². The predicted octanol–water partition coefficient (Wildman–Crippen LogP) is 2.38. The highest BCUT2D eigenvalue weighted by atomic mass is 19.1. The molecular formula is C15H17F2NO3. The molecule has 1 N–H and O–H groups in total. The zero-order valence-corrected chi connectivity index (χ0v) is 11.5. The van der Waals surface area contributed by atoms with Gasteiger partial charge in [-0.15, -0.1) is 0 Å². The van der Waals surface area contributed by atoms with Gasteiger partial charge in [0, 0.05) is 18.9 Å². The maximum Gasteiger partial charge on any atom is 0.257 e. The number of ether oxygens (including phenoxy) is 2.